The first kappa shape index (κ1) is 18.2. The molecule has 0 radical (unpaired) electrons. The molecule has 0 aliphatic heterocycles. The van der Waals surface area contributed by atoms with Crippen LogP contribution in [0.4, 0.5) is 0 Å². The van der Waals surface area contributed by atoms with Gasteiger partial charge in [-0.1, -0.05) is 34.1 Å². The van der Waals surface area contributed by atoms with Gasteiger partial charge >= 0.3 is 0 Å². The Kier molecular flexibility index (Phi) is 5.29. The molecule has 27 heavy (non-hydrogen) atoms. The molecule has 6 heteroatoms. The Hall–Kier alpha value is -2.15. The molecule has 4 aromatic rings. The molecule has 0 bridgehead atoms. The zero-order valence-electron chi connectivity index (χ0n) is 15.0. The Bertz CT molecular complexity index is 1040. The number of nitrogens with one attached hydrogen (secondary N) is 1. The summed E-state index contributed by atoms with van der Waals surface area (Å²) in [5.74, 6) is 1.75. The van der Waals surface area contributed by atoms with Crippen LogP contribution in [0.1, 0.15) is 24.4 Å². The molecule has 0 fully saturated rings. The minimum atomic E-state index is 0.1000. The quantitative estimate of drug-likeness (QED) is 0.387. The third-order valence-electron chi connectivity index (χ3n) is 4.40. The number of hydrogen-bond acceptors (Lipinski definition) is 5. The van der Waals surface area contributed by atoms with E-state index in [4.69, 9.17) is 14.1 Å². The number of fused-ring (bicyclic) bond motifs is 1. The van der Waals surface area contributed by atoms with E-state index in [0.29, 0.717) is 6.54 Å². The summed E-state index contributed by atoms with van der Waals surface area (Å²) < 4.78 is 12.4. The van der Waals surface area contributed by atoms with Crippen molar-refractivity contribution in [3.63, 3.8) is 0 Å². The van der Waals surface area contributed by atoms with E-state index in [2.05, 4.69) is 45.7 Å². The standard InChI is InChI=1S/C21H19BrN2O2S/c1-13(20-9-14-5-3-4-6-18(14)26-20)23-11-16-12-27-21(24-16)17-10-15(22)7-8-19(17)25-2/h3-10,12-13,23H,11H2,1-2H3. The molecule has 1 atom stereocenters. The Morgan fingerprint density at radius 1 is 1.22 bits per heavy atom. The van der Waals surface area contributed by atoms with Crippen LogP contribution in [0.2, 0.25) is 0 Å². The van der Waals surface area contributed by atoms with Gasteiger partial charge < -0.3 is 14.5 Å². The fraction of sp³-hybridized carbons (Fsp3) is 0.190. The number of hydrogen-bond donors (Lipinski definition) is 1. The highest BCUT2D eigenvalue weighted by Gasteiger charge is 2.14. The van der Waals surface area contributed by atoms with Crippen LogP contribution in [0.3, 0.4) is 0 Å². The van der Waals surface area contributed by atoms with Crippen molar-refractivity contribution in [3.8, 4) is 16.3 Å². The molecular formula is C21H19BrN2O2S. The van der Waals surface area contributed by atoms with Crippen molar-refractivity contribution >= 4 is 38.2 Å². The smallest absolute Gasteiger partial charge is 0.134 e. The minimum absolute atomic E-state index is 0.1000. The maximum atomic E-state index is 5.93. The van der Waals surface area contributed by atoms with Gasteiger partial charge in [0.15, 0.2) is 0 Å². The van der Waals surface area contributed by atoms with Gasteiger partial charge in [-0.15, -0.1) is 11.3 Å². The summed E-state index contributed by atoms with van der Waals surface area (Å²) >= 11 is 5.14. The fourth-order valence-electron chi connectivity index (χ4n) is 2.93. The minimum Gasteiger partial charge on any atom is -0.496 e. The third kappa shape index (κ3) is 3.93. The Labute approximate surface area is 170 Å². The number of methoxy groups -OCH3 is 1. The number of rotatable bonds is 6. The summed E-state index contributed by atoms with van der Waals surface area (Å²) in [7, 11) is 1.68. The van der Waals surface area contributed by atoms with Crippen molar-refractivity contribution in [1.29, 1.82) is 0 Å². The van der Waals surface area contributed by atoms with Crippen LogP contribution in [0, 0.1) is 0 Å². The van der Waals surface area contributed by atoms with Gasteiger partial charge in [-0.2, -0.15) is 0 Å². The average Bonchev–Trinajstić information content (AvgIpc) is 3.33. The summed E-state index contributed by atoms with van der Waals surface area (Å²) in [4.78, 5) is 4.76. The molecule has 4 nitrogen and oxygen atoms in total. The molecule has 2 heterocycles. The number of benzene rings is 2. The maximum Gasteiger partial charge on any atom is 0.134 e. The zero-order chi connectivity index (χ0) is 18.8. The van der Waals surface area contributed by atoms with E-state index in [1.165, 1.54) is 0 Å². The first-order valence-corrected chi connectivity index (χ1v) is 10.3. The molecule has 2 aromatic heterocycles. The predicted octanol–water partition coefficient (Wildman–Crippen LogP) is 6.18. The SMILES string of the molecule is COc1ccc(Br)cc1-c1nc(CNC(C)c2cc3ccccc3o2)cs1. The van der Waals surface area contributed by atoms with E-state index in [1.54, 1.807) is 18.4 Å². The predicted molar refractivity (Wildman–Crippen MR) is 113 cm³/mol. The zero-order valence-corrected chi connectivity index (χ0v) is 17.4. The first-order chi connectivity index (χ1) is 13.1. The maximum absolute atomic E-state index is 5.93. The van der Waals surface area contributed by atoms with Gasteiger partial charge in [-0.05, 0) is 37.3 Å². The summed E-state index contributed by atoms with van der Waals surface area (Å²) in [5, 5.41) is 7.64. The molecule has 0 spiro atoms. The lowest BCUT2D eigenvalue weighted by Crippen LogP contribution is -2.17. The Balaban J connectivity index is 1.47. The van der Waals surface area contributed by atoms with Crippen molar-refractivity contribution in [3.05, 3.63) is 69.8 Å². The second-order valence-electron chi connectivity index (χ2n) is 6.28. The molecule has 0 aliphatic carbocycles. The van der Waals surface area contributed by atoms with Crippen molar-refractivity contribution < 1.29 is 9.15 Å². The summed E-state index contributed by atoms with van der Waals surface area (Å²) in [6.45, 7) is 2.77. The monoisotopic (exact) mass is 442 g/mol. The van der Waals surface area contributed by atoms with E-state index in [9.17, 15) is 0 Å². The molecule has 0 amide bonds. The first-order valence-electron chi connectivity index (χ1n) is 8.64. The Morgan fingerprint density at radius 3 is 2.89 bits per heavy atom. The lowest BCUT2D eigenvalue weighted by atomic mass is 10.2. The van der Waals surface area contributed by atoms with Crippen LogP contribution < -0.4 is 10.1 Å². The Morgan fingerprint density at radius 2 is 2.07 bits per heavy atom. The van der Waals surface area contributed by atoms with Crippen LogP contribution in [-0.4, -0.2) is 12.1 Å². The molecule has 0 aliphatic rings. The normalized spacial score (nSPS) is 12.4. The number of thiazole rings is 1. The third-order valence-corrected chi connectivity index (χ3v) is 5.82. The molecule has 138 valence electrons. The number of ether oxygens (including phenoxy) is 1. The van der Waals surface area contributed by atoms with Gasteiger partial charge in [0.25, 0.3) is 0 Å². The number of para-hydroxylation sites is 1. The molecule has 1 unspecified atom stereocenters. The summed E-state index contributed by atoms with van der Waals surface area (Å²) in [6.07, 6.45) is 0. The number of nitrogens with zero attached hydrogens (tertiary/aromatic N) is 1. The van der Waals surface area contributed by atoms with Crippen LogP contribution in [0.15, 0.2) is 62.8 Å². The summed E-state index contributed by atoms with van der Waals surface area (Å²) in [5.41, 5.74) is 2.91. The highest BCUT2D eigenvalue weighted by molar-refractivity contribution is 9.10. The molecule has 1 N–H and O–H groups in total. The van der Waals surface area contributed by atoms with Crippen molar-refractivity contribution in [2.24, 2.45) is 0 Å². The van der Waals surface area contributed by atoms with Crippen molar-refractivity contribution in [2.45, 2.75) is 19.5 Å². The van der Waals surface area contributed by atoms with Gasteiger partial charge in [0.2, 0.25) is 0 Å². The second kappa shape index (κ2) is 7.84. The van der Waals surface area contributed by atoms with E-state index >= 15 is 0 Å². The van der Waals surface area contributed by atoms with Crippen molar-refractivity contribution in [1.82, 2.24) is 10.3 Å². The van der Waals surface area contributed by atoms with E-state index < -0.39 is 0 Å². The molecule has 2 aromatic carbocycles. The topological polar surface area (TPSA) is 47.3 Å². The van der Waals surface area contributed by atoms with Gasteiger partial charge in [0.1, 0.15) is 22.1 Å². The van der Waals surface area contributed by atoms with Gasteiger partial charge in [0.05, 0.1) is 24.4 Å². The van der Waals surface area contributed by atoms with Crippen molar-refractivity contribution in [2.75, 3.05) is 7.11 Å². The molecular weight excluding hydrogens is 424 g/mol. The lowest BCUT2D eigenvalue weighted by Gasteiger charge is -2.09. The molecule has 4 rings (SSSR count). The average molecular weight is 443 g/mol. The van der Waals surface area contributed by atoms with Crippen LogP contribution in [0.25, 0.3) is 21.5 Å². The summed E-state index contributed by atoms with van der Waals surface area (Å²) in [6, 6.07) is 16.2. The second-order valence-corrected chi connectivity index (χ2v) is 8.05. The highest BCUT2D eigenvalue weighted by Crippen LogP contribution is 2.34. The van der Waals surface area contributed by atoms with Gasteiger partial charge in [-0.3, -0.25) is 0 Å². The number of furan rings is 1. The van der Waals surface area contributed by atoms with Gasteiger partial charge in [0, 0.05) is 21.8 Å². The number of aromatic nitrogens is 1. The van der Waals surface area contributed by atoms with Crippen LogP contribution >= 0.6 is 27.3 Å². The highest BCUT2D eigenvalue weighted by atomic mass is 79.9. The van der Waals surface area contributed by atoms with Crippen LogP contribution in [-0.2, 0) is 6.54 Å². The molecule has 0 saturated carbocycles. The molecule has 0 saturated heterocycles. The fourth-order valence-corrected chi connectivity index (χ4v) is 4.13. The van der Waals surface area contributed by atoms with Gasteiger partial charge in [-0.25, -0.2) is 4.98 Å². The van der Waals surface area contributed by atoms with E-state index in [1.807, 2.05) is 36.4 Å². The van der Waals surface area contributed by atoms with E-state index in [0.717, 1.165) is 43.2 Å². The van der Waals surface area contributed by atoms with Crippen LogP contribution in [0.5, 0.6) is 5.75 Å². The van der Waals surface area contributed by atoms with E-state index in [-0.39, 0.29) is 6.04 Å². The largest absolute Gasteiger partial charge is 0.496 e. The number of halogens is 1. The lowest BCUT2D eigenvalue weighted by molar-refractivity contribution is 0.416.